The summed E-state index contributed by atoms with van der Waals surface area (Å²) >= 11 is 11.9. The second kappa shape index (κ2) is 5.37. The van der Waals surface area contributed by atoms with Gasteiger partial charge < -0.3 is 5.32 Å². The third-order valence-electron chi connectivity index (χ3n) is 3.19. The fourth-order valence-electron chi connectivity index (χ4n) is 2.05. The fraction of sp³-hybridized carbons (Fsp3) is 0.500. The van der Waals surface area contributed by atoms with Gasteiger partial charge in [0.25, 0.3) is 0 Å². The van der Waals surface area contributed by atoms with Gasteiger partial charge in [-0.2, -0.15) is 0 Å². The molecule has 1 aromatic carbocycles. The number of nitrogens with one attached hydrogen (secondary N) is 1. The van der Waals surface area contributed by atoms with Gasteiger partial charge in [0.2, 0.25) is 0 Å². The summed E-state index contributed by atoms with van der Waals surface area (Å²) in [6.45, 7) is 0. The second-order valence-electron chi connectivity index (χ2n) is 4.56. The molecule has 6 heteroatoms. The molecule has 0 radical (unpaired) electrons. The average molecular weight is 308 g/mol. The van der Waals surface area contributed by atoms with Gasteiger partial charge in [-0.1, -0.05) is 29.3 Å². The Labute approximate surface area is 117 Å². The molecule has 1 atom stereocenters. The summed E-state index contributed by atoms with van der Waals surface area (Å²) in [5.74, 6) is 0.489. The third-order valence-corrected chi connectivity index (χ3v) is 5.90. The number of benzene rings is 1. The lowest BCUT2D eigenvalue weighted by atomic mass is 10.2. The molecule has 0 amide bonds. The summed E-state index contributed by atoms with van der Waals surface area (Å²) < 4.78 is 24.7. The number of hydrogen-bond donors (Lipinski definition) is 1. The first kappa shape index (κ1) is 14.1. The quantitative estimate of drug-likeness (QED) is 0.910. The predicted molar refractivity (Wildman–Crippen MR) is 74.1 cm³/mol. The van der Waals surface area contributed by atoms with Gasteiger partial charge in [-0.25, -0.2) is 8.42 Å². The molecule has 2 rings (SSSR count). The molecular formula is C12H15Cl2NO2S. The summed E-state index contributed by atoms with van der Waals surface area (Å²) in [5.41, 5.74) is 0. The highest BCUT2D eigenvalue weighted by atomic mass is 35.5. The Morgan fingerprint density at radius 2 is 1.89 bits per heavy atom. The standard InChI is InChI=1S/C12H15Cl2NO2S/c1-15-11(8-5-6-8)7-18(16,17)12-9(13)3-2-4-10(12)14/h2-4,8,11,15H,5-7H2,1H3. The van der Waals surface area contributed by atoms with E-state index in [4.69, 9.17) is 23.2 Å². The van der Waals surface area contributed by atoms with E-state index in [1.165, 1.54) is 0 Å². The van der Waals surface area contributed by atoms with Crippen LogP contribution in [0.1, 0.15) is 12.8 Å². The Bertz CT molecular complexity index is 521. The highest BCUT2D eigenvalue weighted by Gasteiger charge is 2.35. The molecule has 1 unspecified atom stereocenters. The van der Waals surface area contributed by atoms with Crippen molar-refractivity contribution in [1.29, 1.82) is 0 Å². The lowest BCUT2D eigenvalue weighted by molar-refractivity contribution is 0.527. The molecule has 0 saturated heterocycles. The van der Waals surface area contributed by atoms with Crippen LogP contribution in [0.15, 0.2) is 23.1 Å². The molecule has 1 aliphatic carbocycles. The first-order valence-electron chi connectivity index (χ1n) is 5.79. The Morgan fingerprint density at radius 1 is 1.33 bits per heavy atom. The van der Waals surface area contributed by atoms with Crippen LogP contribution in [0.4, 0.5) is 0 Å². The van der Waals surface area contributed by atoms with Crippen LogP contribution in [0.2, 0.25) is 10.0 Å². The van der Waals surface area contributed by atoms with E-state index in [2.05, 4.69) is 5.32 Å². The highest BCUT2D eigenvalue weighted by molar-refractivity contribution is 7.91. The molecule has 3 nitrogen and oxygen atoms in total. The first-order valence-corrected chi connectivity index (χ1v) is 8.20. The van der Waals surface area contributed by atoms with Crippen molar-refractivity contribution in [2.75, 3.05) is 12.8 Å². The average Bonchev–Trinajstić information content (AvgIpc) is 3.09. The van der Waals surface area contributed by atoms with Crippen molar-refractivity contribution >= 4 is 33.0 Å². The summed E-state index contributed by atoms with van der Waals surface area (Å²) in [7, 11) is -1.68. The van der Waals surface area contributed by atoms with Gasteiger partial charge >= 0.3 is 0 Å². The molecule has 1 aliphatic rings. The molecule has 0 spiro atoms. The van der Waals surface area contributed by atoms with Crippen LogP contribution in [0.3, 0.4) is 0 Å². The zero-order valence-electron chi connectivity index (χ0n) is 9.99. The van der Waals surface area contributed by atoms with E-state index >= 15 is 0 Å². The van der Waals surface area contributed by atoms with E-state index in [-0.39, 0.29) is 26.7 Å². The molecule has 1 fully saturated rings. The smallest absolute Gasteiger partial charge is 0.182 e. The van der Waals surface area contributed by atoms with E-state index in [9.17, 15) is 8.42 Å². The minimum absolute atomic E-state index is 0.0256. The van der Waals surface area contributed by atoms with Gasteiger partial charge in [0, 0.05) is 6.04 Å². The Morgan fingerprint density at radius 3 is 2.33 bits per heavy atom. The van der Waals surface area contributed by atoms with Crippen LogP contribution < -0.4 is 5.32 Å². The van der Waals surface area contributed by atoms with Gasteiger partial charge in [0.05, 0.1) is 15.8 Å². The van der Waals surface area contributed by atoms with Crippen molar-refractivity contribution in [3.8, 4) is 0 Å². The zero-order valence-corrected chi connectivity index (χ0v) is 12.3. The van der Waals surface area contributed by atoms with Crippen molar-refractivity contribution in [1.82, 2.24) is 5.32 Å². The van der Waals surface area contributed by atoms with Crippen LogP contribution in [-0.2, 0) is 9.84 Å². The summed E-state index contributed by atoms with van der Waals surface area (Å²) in [4.78, 5) is 0.0502. The van der Waals surface area contributed by atoms with Crippen LogP contribution in [0.5, 0.6) is 0 Å². The number of halogens is 2. The maximum absolute atomic E-state index is 12.4. The maximum atomic E-state index is 12.4. The molecule has 0 aliphatic heterocycles. The second-order valence-corrected chi connectivity index (χ2v) is 7.35. The zero-order chi connectivity index (χ0) is 13.3. The molecular weight excluding hydrogens is 293 g/mol. The molecule has 1 aromatic rings. The molecule has 0 bridgehead atoms. The lowest BCUT2D eigenvalue weighted by Gasteiger charge is -2.16. The minimum atomic E-state index is -3.46. The lowest BCUT2D eigenvalue weighted by Crippen LogP contribution is -2.35. The molecule has 100 valence electrons. The molecule has 1 N–H and O–H groups in total. The minimum Gasteiger partial charge on any atom is -0.316 e. The Hall–Kier alpha value is -0.290. The van der Waals surface area contributed by atoms with Crippen molar-refractivity contribution in [3.05, 3.63) is 28.2 Å². The van der Waals surface area contributed by atoms with Gasteiger partial charge in [-0.3, -0.25) is 0 Å². The summed E-state index contributed by atoms with van der Waals surface area (Å²) in [6, 6.07) is 4.71. The fourth-order valence-corrected chi connectivity index (χ4v) is 4.96. The van der Waals surface area contributed by atoms with E-state index < -0.39 is 9.84 Å². The number of rotatable bonds is 5. The topological polar surface area (TPSA) is 46.2 Å². The van der Waals surface area contributed by atoms with Crippen molar-refractivity contribution < 1.29 is 8.42 Å². The van der Waals surface area contributed by atoms with Crippen molar-refractivity contribution in [2.45, 2.75) is 23.8 Å². The largest absolute Gasteiger partial charge is 0.316 e. The monoisotopic (exact) mass is 307 g/mol. The van der Waals surface area contributed by atoms with Gasteiger partial charge in [-0.15, -0.1) is 0 Å². The maximum Gasteiger partial charge on any atom is 0.182 e. The van der Waals surface area contributed by atoms with Crippen LogP contribution in [0.25, 0.3) is 0 Å². The molecule has 18 heavy (non-hydrogen) atoms. The molecule has 1 saturated carbocycles. The normalized spacial score (nSPS) is 17.7. The predicted octanol–water partition coefficient (Wildman–Crippen LogP) is 2.77. The summed E-state index contributed by atoms with van der Waals surface area (Å²) in [6.07, 6.45) is 2.16. The van der Waals surface area contributed by atoms with Gasteiger partial charge in [0.15, 0.2) is 9.84 Å². The Kier molecular flexibility index (Phi) is 4.22. The van der Waals surface area contributed by atoms with E-state index in [1.807, 2.05) is 0 Å². The summed E-state index contributed by atoms with van der Waals surface area (Å²) in [5, 5.41) is 3.44. The van der Waals surface area contributed by atoms with Gasteiger partial charge in [-0.05, 0) is 37.9 Å². The SMILES string of the molecule is CNC(CS(=O)(=O)c1c(Cl)cccc1Cl)C1CC1. The molecule has 0 aromatic heterocycles. The van der Waals surface area contributed by atoms with Crippen molar-refractivity contribution in [2.24, 2.45) is 5.92 Å². The third kappa shape index (κ3) is 2.99. The van der Waals surface area contributed by atoms with Crippen LogP contribution >= 0.6 is 23.2 Å². The highest BCUT2D eigenvalue weighted by Crippen LogP contribution is 2.36. The van der Waals surface area contributed by atoms with Crippen LogP contribution in [0, 0.1) is 5.92 Å². The molecule has 0 heterocycles. The number of hydrogen-bond acceptors (Lipinski definition) is 3. The van der Waals surface area contributed by atoms with E-state index in [0.29, 0.717) is 5.92 Å². The number of sulfone groups is 1. The van der Waals surface area contributed by atoms with E-state index in [0.717, 1.165) is 12.8 Å². The van der Waals surface area contributed by atoms with Crippen LogP contribution in [-0.4, -0.2) is 27.3 Å². The van der Waals surface area contributed by atoms with Crippen molar-refractivity contribution in [3.63, 3.8) is 0 Å². The Balaban J connectivity index is 2.30. The van der Waals surface area contributed by atoms with E-state index in [1.54, 1.807) is 25.2 Å². The van der Waals surface area contributed by atoms with Gasteiger partial charge in [0.1, 0.15) is 4.90 Å². The first-order chi connectivity index (χ1) is 8.45.